The zero-order valence-corrected chi connectivity index (χ0v) is 12.0. The first-order chi connectivity index (χ1) is 8.65. The fraction of sp³-hybridized carbons (Fsp3) is 0.600. The Hall–Kier alpha value is -0.730. The van der Waals surface area contributed by atoms with Crippen LogP contribution in [0.3, 0.4) is 0 Å². The van der Waals surface area contributed by atoms with Crippen molar-refractivity contribution in [2.45, 2.75) is 52.1 Å². The second kappa shape index (κ2) is 8.39. The largest absolute Gasteiger partial charge is 0.492 e. The molecule has 0 aliphatic carbocycles. The lowest BCUT2D eigenvalue weighted by molar-refractivity contribution is 0.199. The van der Waals surface area contributed by atoms with E-state index in [1.54, 1.807) is 13.0 Å². The summed E-state index contributed by atoms with van der Waals surface area (Å²) in [6.07, 6.45) is 5.60. The number of benzene rings is 1. The van der Waals surface area contributed by atoms with Crippen molar-refractivity contribution in [1.29, 1.82) is 0 Å². The van der Waals surface area contributed by atoms with Crippen molar-refractivity contribution in [2.24, 2.45) is 0 Å². The van der Waals surface area contributed by atoms with Crippen LogP contribution in [0, 0.1) is 0 Å². The highest BCUT2D eigenvalue weighted by Crippen LogP contribution is 2.28. The lowest BCUT2D eigenvalue weighted by Gasteiger charge is -2.10. The number of aliphatic hydroxyl groups is 1. The van der Waals surface area contributed by atoms with E-state index in [9.17, 15) is 5.11 Å². The fourth-order valence-electron chi connectivity index (χ4n) is 1.78. The second-order valence-electron chi connectivity index (χ2n) is 4.63. The molecule has 1 aromatic rings. The molecule has 0 amide bonds. The fourth-order valence-corrected chi connectivity index (χ4v) is 2.03. The lowest BCUT2D eigenvalue weighted by Crippen LogP contribution is -1.99. The molecule has 2 nitrogen and oxygen atoms in total. The van der Waals surface area contributed by atoms with E-state index in [-0.39, 0.29) is 0 Å². The van der Waals surface area contributed by atoms with Gasteiger partial charge in [-0.15, -0.1) is 0 Å². The van der Waals surface area contributed by atoms with Gasteiger partial charge in [0.25, 0.3) is 0 Å². The number of hydrogen-bond acceptors (Lipinski definition) is 2. The van der Waals surface area contributed by atoms with Gasteiger partial charge in [0, 0.05) is 0 Å². The Morgan fingerprint density at radius 2 is 1.94 bits per heavy atom. The van der Waals surface area contributed by atoms with Gasteiger partial charge in [0.05, 0.1) is 17.7 Å². The van der Waals surface area contributed by atoms with Crippen LogP contribution >= 0.6 is 11.6 Å². The summed E-state index contributed by atoms with van der Waals surface area (Å²) in [7, 11) is 0. The van der Waals surface area contributed by atoms with Crippen LogP contribution in [0.4, 0.5) is 0 Å². The molecule has 0 unspecified atom stereocenters. The third kappa shape index (κ3) is 5.28. The van der Waals surface area contributed by atoms with Gasteiger partial charge in [-0.1, -0.05) is 50.3 Å². The third-order valence-corrected chi connectivity index (χ3v) is 3.24. The summed E-state index contributed by atoms with van der Waals surface area (Å²) in [6.45, 7) is 4.64. The number of hydrogen-bond donors (Lipinski definition) is 1. The van der Waals surface area contributed by atoms with Crippen molar-refractivity contribution in [2.75, 3.05) is 6.61 Å². The second-order valence-corrected chi connectivity index (χ2v) is 5.04. The molecule has 0 aliphatic heterocycles. The zero-order chi connectivity index (χ0) is 13.4. The van der Waals surface area contributed by atoms with Gasteiger partial charge >= 0.3 is 0 Å². The standard InChI is InChI=1S/C15H23ClO2/c1-3-4-5-6-7-10-18-15-9-8-13(12(2)17)11-14(15)16/h8-9,11-12,17H,3-7,10H2,1-2H3/t12-/m1/s1. The van der Waals surface area contributed by atoms with Crippen molar-refractivity contribution in [1.82, 2.24) is 0 Å². The van der Waals surface area contributed by atoms with E-state index >= 15 is 0 Å². The Morgan fingerprint density at radius 3 is 2.56 bits per heavy atom. The molecule has 0 saturated carbocycles. The van der Waals surface area contributed by atoms with Gasteiger partial charge in [-0.25, -0.2) is 0 Å². The topological polar surface area (TPSA) is 29.5 Å². The summed E-state index contributed by atoms with van der Waals surface area (Å²) in [4.78, 5) is 0. The van der Waals surface area contributed by atoms with Gasteiger partial charge in [0.2, 0.25) is 0 Å². The molecule has 102 valence electrons. The molecule has 0 saturated heterocycles. The van der Waals surface area contributed by atoms with Crippen molar-refractivity contribution in [3.63, 3.8) is 0 Å². The first-order valence-electron chi connectivity index (χ1n) is 6.75. The van der Waals surface area contributed by atoms with Crippen molar-refractivity contribution >= 4 is 11.6 Å². The highest BCUT2D eigenvalue weighted by Gasteiger charge is 2.06. The number of halogens is 1. The van der Waals surface area contributed by atoms with E-state index < -0.39 is 6.10 Å². The molecule has 3 heteroatoms. The number of aliphatic hydroxyl groups excluding tert-OH is 1. The molecule has 0 fully saturated rings. The highest BCUT2D eigenvalue weighted by molar-refractivity contribution is 6.32. The van der Waals surface area contributed by atoms with E-state index in [2.05, 4.69) is 6.92 Å². The first-order valence-corrected chi connectivity index (χ1v) is 7.13. The van der Waals surface area contributed by atoms with Gasteiger partial charge in [-0.3, -0.25) is 0 Å². The van der Waals surface area contributed by atoms with Crippen LogP contribution in [0.2, 0.25) is 5.02 Å². The summed E-state index contributed by atoms with van der Waals surface area (Å²) in [5.74, 6) is 0.705. The SMILES string of the molecule is CCCCCCCOc1ccc([C@@H](C)O)cc1Cl. The van der Waals surface area contributed by atoms with Crippen LogP contribution in [0.25, 0.3) is 0 Å². The summed E-state index contributed by atoms with van der Waals surface area (Å²) in [6, 6.07) is 5.44. The summed E-state index contributed by atoms with van der Waals surface area (Å²) < 4.78 is 5.64. The number of unbranched alkanes of at least 4 members (excludes halogenated alkanes) is 4. The van der Waals surface area contributed by atoms with E-state index in [1.165, 1.54) is 25.7 Å². The first kappa shape index (κ1) is 15.3. The van der Waals surface area contributed by atoms with Gasteiger partial charge in [0.1, 0.15) is 5.75 Å². The Balaban J connectivity index is 2.34. The molecular formula is C15H23ClO2. The Morgan fingerprint density at radius 1 is 1.22 bits per heavy atom. The molecule has 1 N–H and O–H groups in total. The predicted molar refractivity (Wildman–Crippen MR) is 76.3 cm³/mol. The molecule has 0 aliphatic rings. The summed E-state index contributed by atoms with van der Waals surface area (Å²) >= 11 is 6.10. The van der Waals surface area contributed by atoms with Crippen LogP contribution in [0.15, 0.2) is 18.2 Å². The van der Waals surface area contributed by atoms with Crippen molar-refractivity contribution in [3.8, 4) is 5.75 Å². The van der Waals surface area contributed by atoms with E-state index in [1.807, 2.05) is 12.1 Å². The van der Waals surface area contributed by atoms with Crippen LogP contribution < -0.4 is 4.74 Å². The van der Waals surface area contributed by atoms with Crippen molar-refractivity contribution < 1.29 is 9.84 Å². The molecule has 0 aromatic heterocycles. The van der Waals surface area contributed by atoms with Crippen LogP contribution in [0.1, 0.15) is 57.6 Å². The molecule has 0 radical (unpaired) electrons. The van der Waals surface area contributed by atoms with Crippen LogP contribution in [0.5, 0.6) is 5.75 Å². The van der Waals surface area contributed by atoms with E-state index in [4.69, 9.17) is 16.3 Å². The third-order valence-electron chi connectivity index (χ3n) is 2.94. The smallest absolute Gasteiger partial charge is 0.137 e. The molecule has 0 spiro atoms. The van der Waals surface area contributed by atoms with Crippen LogP contribution in [-0.4, -0.2) is 11.7 Å². The zero-order valence-electron chi connectivity index (χ0n) is 11.3. The molecule has 0 bridgehead atoms. The molecular weight excluding hydrogens is 248 g/mol. The van der Waals surface area contributed by atoms with Crippen molar-refractivity contribution in [3.05, 3.63) is 28.8 Å². The normalized spacial score (nSPS) is 12.4. The minimum Gasteiger partial charge on any atom is -0.492 e. The van der Waals surface area contributed by atoms with Crippen LogP contribution in [-0.2, 0) is 0 Å². The Bertz CT molecular complexity index is 350. The molecule has 1 rings (SSSR count). The highest BCUT2D eigenvalue weighted by atomic mass is 35.5. The maximum absolute atomic E-state index is 9.44. The number of rotatable bonds is 8. The van der Waals surface area contributed by atoms with E-state index in [0.29, 0.717) is 17.4 Å². The average molecular weight is 271 g/mol. The predicted octanol–water partition coefficient (Wildman–Crippen LogP) is 4.74. The molecule has 1 atom stereocenters. The minimum atomic E-state index is -0.495. The molecule has 1 aromatic carbocycles. The molecule has 0 heterocycles. The van der Waals surface area contributed by atoms with Gasteiger partial charge < -0.3 is 9.84 Å². The van der Waals surface area contributed by atoms with Gasteiger partial charge in [0.15, 0.2) is 0 Å². The molecule has 18 heavy (non-hydrogen) atoms. The Kier molecular flexibility index (Phi) is 7.14. The minimum absolute atomic E-state index is 0.495. The summed E-state index contributed by atoms with van der Waals surface area (Å²) in [5, 5.41) is 10.0. The maximum Gasteiger partial charge on any atom is 0.137 e. The van der Waals surface area contributed by atoms with Gasteiger partial charge in [-0.2, -0.15) is 0 Å². The quantitative estimate of drug-likeness (QED) is 0.691. The monoisotopic (exact) mass is 270 g/mol. The summed E-state index contributed by atoms with van der Waals surface area (Å²) in [5.41, 5.74) is 0.815. The number of ether oxygens (including phenoxy) is 1. The van der Waals surface area contributed by atoms with Gasteiger partial charge in [-0.05, 0) is 31.0 Å². The maximum atomic E-state index is 9.44. The average Bonchev–Trinajstić information content (AvgIpc) is 2.35. The Labute approximate surface area is 115 Å². The lowest BCUT2D eigenvalue weighted by atomic mass is 10.1. The van der Waals surface area contributed by atoms with E-state index in [0.717, 1.165) is 12.0 Å².